The average molecular weight is 305 g/mol. The van der Waals surface area contributed by atoms with Crippen LogP contribution < -0.4 is 10.6 Å². The Labute approximate surface area is 123 Å². The zero-order valence-corrected chi connectivity index (χ0v) is 12.1. The number of rotatable bonds is 3. The van der Waals surface area contributed by atoms with Gasteiger partial charge < -0.3 is 10.6 Å². The minimum Gasteiger partial charge on any atom is -0.352 e. The first-order chi connectivity index (χ1) is 9.06. The van der Waals surface area contributed by atoms with E-state index in [1.54, 1.807) is 0 Å². The van der Waals surface area contributed by atoms with Crippen molar-refractivity contribution in [2.45, 2.75) is 38.3 Å². The van der Waals surface area contributed by atoms with E-state index in [1.807, 2.05) is 6.92 Å². The lowest BCUT2D eigenvalue weighted by molar-refractivity contribution is -0.121. The van der Waals surface area contributed by atoms with E-state index in [9.17, 15) is 13.6 Å². The van der Waals surface area contributed by atoms with E-state index < -0.39 is 11.6 Å². The predicted octanol–water partition coefficient (Wildman–Crippen LogP) is 2.19. The third kappa shape index (κ3) is 4.42. The Morgan fingerprint density at radius 2 is 2.20 bits per heavy atom. The van der Waals surface area contributed by atoms with Gasteiger partial charge in [0.1, 0.15) is 11.6 Å². The maximum Gasteiger partial charge on any atom is 0.224 e. The minimum absolute atomic E-state index is 0. The molecule has 6 heteroatoms. The second kappa shape index (κ2) is 7.55. The molecule has 2 atom stereocenters. The molecule has 0 aliphatic carbocycles. The van der Waals surface area contributed by atoms with Gasteiger partial charge in [-0.1, -0.05) is 6.07 Å². The summed E-state index contributed by atoms with van der Waals surface area (Å²) in [7, 11) is 0. The van der Waals surface area contributed by atoms with Crippen LogP contribution in [0.1, 0.15) is 25.3 Å². The highest BCUT2D eigenvalue weighted by molar-refractivity contribution is 5.85. The molecule has 0 spiro atoms. The molecule has 112 valence electrons. The van der Waals surface area contributed by atoms with E-state index in [-0.39, 0.29) is 42.4 Å². The monoisotopic (exact) mass is 304 g/mol. The van der Waals surface area contributed by atoms with Crippen molar-refractivity contribution in [2.75, 3.05) is 6.54 Å². The molecule has 1 amide bonds. The molecular formula is C14H19ClF2N2O. The van der Waals surface area contributed by atoms with Crippen molar-refractivity contribution in [1.82, 2.24) is 10.6 Å². The number of carbonyl (C=O) groups excluding carboxylic acids is 1. The van der Waals surface area contributed by atoms with Crippen LogP contribution in [0.25, 0.3) is 0 Å². The van der Waals surface area contributed by atoms with Crippen LogP contribution in [0.15, 0.2) is 18.2 Å². The fourth-order valence-corrected chi connectivity index (χ4v) is 2.34. The maximum absolute atomic E-state index is 13.4. The molecule has 1 aliphatic rings. The van der Waals surface area contributed by atoms with E-state index in [4.69, 9.17) is 0 Å². The summed E-state index contributed by atoms with van der Waals surface area (Å²) in [5.41, 5.74) is 0.218. The number of carbonyl (C=O) groups is 1. The number of hydrogen-bond acceptors (Lipinski definition) is 2. The SMILES string of the molecule is CC1NCCCC1NC(=O)Cc1ccc(F)cc1F.Cl. The summed E-state index contributed by atoms with van der Waals surface area (Å²) in [5.74, 6) is -1.54. The molecule has 1 aromatic rings. The Morgan fingerprint density at radius 3 is 2.85 bits per heavy atom. The highest BCUT2D eigenvalue weighted by Gasteiger charge is 2.22. The second-order valence-electron chi connectivity index (χ2n) is 4.97. The Kier molecular flexibility index (Phi) is 6.36. The van der Waals surface area contributed by atoms with Crippen LogP contribution in [-0.4, -0.2) is 24.5 Å². The molecule has 1 fully saturated rings. The van der Waals surface area contributed by atoms with Crippen LogP contribution in [0.2, 0.25) is 0 Å². The molecule has 2 unspecified atom stereocenters. The molecule has 0 saturated carbocycles. The Bertz CT molecular complexity index is 470. The molecular weight excluding hydrogens is 286 g/mol. The van der Waals surface area contributed by atoms with Gasteiger partial charge in [0.05, 0.1) is 6.42 Å². The molecule has 2 N–H and O–H groups in total. The van der Waals surface area contributed by atoms with Crippen molar-refractivity contribution in [3.05, 3.63) is 35.4 Å². The molecule has 1 heterocycles. The molecule has 0 aromatic heterocycles. The molecule has 0 radical (unpaired) electrons. The lowest BCUT2D eigenvalue weighted by Crippen LogP contribution is -2.52. The van der Waals surface area contributed by atoms with Gasteiger partial charge in [-0.15, -0.1) is 12.4 Å². The Balaban J connectivity index is 0.00000200. The lowest BCUT2D eigenvalue weighted by Gasteiger charge is -2.30. The normalized spacial score (nSPS) is 21.9. The minimum atomic E-state index is -0.676. The van der Waals surface area contributed by atoms with Crippen molar-refractivity contribution < 1.29 is 13.6 Å². The van der Waals surface area contributed by atoms with Crippen LogP contribution in [-0.2, 0) is 11.2 Å². The summed E-state index contributed by atoms with van der Waals surface area (Å²) in [5, 5.41) is 6.18. The van der Waals surface area contributed by atoms with E-state index in [1.165, 1.54) is 6.07 Å². The van der Waals surface area contributed by atoms with Crippen LogP contribution in [0, 0.1) is 11.6 Å². The third-order valence-electron chi connectivity index (χ3n) is 3.47. The fraction of sp³-hybridized carbons (Fsp3) is 0.500. The highest BCUT2D eigenvalue weighted by Crippen LogP contribution is 2.12. The molecule has 1 saturated heterocycles. The van der Waals surface area contributed by atoms with Gasteiger partial charge in [0, 0.05) is 18.2 Å². The van der Waals surface area contributed by atoms with E-state index >= 15 is 0 Å². The summed E-state index contributed by atoms with van der Waals surface area (Å²) in [6, 6.07) is 3.57. The van der Waals surface area contributed by atoms with Gasteiger partial charge in [-0.05, 0) is 37.9 Å². The van der Waals surface area contributed by atoms with Crippen molar-refractivity contribution in [2.24, 2.45) is 0 Å². The number of amides is 1. The van der Waals surface area contributed by atoms with Crippen LogP contribution >= 0.6 is 12.4 Å². The molecule has 3 nitrogen and oxygen atoms in total. The number of piperidine rings is 1. The summed E-state index contributed by atoms with van der Waals surface area (Å²) >= 11 is 0. The summed E-state index contributed by atoms with van der Waals surface area (Å²) < 4.78 is 26.2. The summed E-state index contributed by atoms with van der Waals surface area (Å²) in [4.78, 5) is 11.9. The van der Waals surface area contributed by atoms with Crippen molar-refractivity contribution >= 4 is 18.3 Å². The topological polar surface area (TPSA) is 41.1 Å². The number of hydrogen-bond donors (Lipinski definition) is 2. The van der Waals surface area contributed by atoms with Gasteiger partial charge in [0.2, 0.25) is 5.91 Å². The molecule has 0 bridgehead atoms. The first-order valence-electron chi connectivity index (χ1n) is 6.53. The van der Waals surface area contributed by atoms with Gasteiger partial charge >= 0.3 is 0 Å². The van der Waals surface area contributed by atoms with Gasteiger partial charge in [0.25, 0.3) is 0 Å². The predicted molar refractivity (Wildman–Crippen MR) is 75.9 cm³/mol. The number of benzene rings is 1. The van der Waals surface area contributed by atoms with Crippen molar-refractivity contribution in [1.29, 1.82) is 0 Å². The van der Waals surface area contributed by atoms with E-state index in [0.29, 0.717) is 0 Å². The molecule has 1 aromatic carbocycles. The first-order valence-corrected chi connectivity index (χ1v) is 6.53. The first kappa shape index (κ1) is 16.9. The molecule has 20 heavy (non-hydrogen) atoms. The molecule has 2 rings (SSSR count). The number of halogens is 3. The Morgan fingerprint density at radius 1 is 1.45 bits per heavy atom. The van der Waals surface area contributed by atoms with Gasteiger partial charge in [0.15, 0.2) is 0 Å². The Hall–Kier alpha value is -1.20. The third-order valence-corrected chi connectivity index (χ3v) is 3.47. The quantitative estimate of drug-likeness (QED) is 0.899. The smallest absolute Gasteiger partial charge is 0.224 e. The lowest BCUT2D eigenvalue weighted by atomic mass is 9.99. The van der Waals surface area contributed by atoms with Crippen LogP contribution in [0.5, 0.6) is 0 Å². The fourth-order valence-electron chi connectivity index (χ4n) is 2.34. The largest absolute Gasteiger partial charge is 0.352 e. The van der Waals surface area contributed by atoms with Crippen LogP contribution in [0.3, 0.4) is 0 Å². The van der Waals surface area contributed by atoms with Gasteiger partial charge in [-0.25, -0.2) is 8.78 Å². The average Bonchev–Trinajstić information content (AvgIpc) is 2.36. The summed E-state index contributed by atoms with van der Waals surface area (Å²) in [6.07, 6.45) is 1.88. The zero-order chi connectivity index (χ0) is 13.8. The number of nitrogens with one attached hydrogen (secondary N) is 2. The van der Waals surface area contributed by atoms with E-state index in [0.717, 1.165) is 31.5 Å². The summed E-state index contributed by atoms with van der Waals surface area (Å²) in [6.45, 7) is 2.97. The van der Waals surface area contributed by atoms with Crippen molar-refractivity contribution in [3.8, 4) is 0 Å². The van der Waals surface area contributed by atoms with Gasteiger partial charge in [-0.3, -0.25) is 4.79 Å². The molecule has 1 aliphatic heterocycles. The van der Waals surface area contributed by atoms with Crippen molar-refractivity contribution in [3.63, 3.8) is 0 Å². The maximum atomic E-state index is 13.4. The van der Waals surface area contributed by atoms with Gasteiger partial charge in [-0.2, -0.15) is 0 Å². The standard InChI is InChI=1S/C14H18F2N2O.ClH/c1-9-13(3-2-6-17-9)18-14(19)7-10-4-5-11(15)8-12(10)16;/h4-5,8-9,13,17H,2-3,6-7H2,1H3,(H,18,19);1H. The van der Waals surface area contributed by atoms with Crippen LogP contribution in [0.4, 0.5) is 8.78 Å². The highest BCUT2D eigenvalue weighted by atomic mass is 35.5. The van der Waals surface area contributed by atoms with E-state index in [2.05, 4.69) is 10.6 Å². The second-order valence-corrected chi connectivity index (χ2v) is 4.97. The zero-order valence-electron chi connectivity index (χ0n) is 11.3.